The van der Waals surface area contributed by atoms with Gasteiger partial charge >= 0.3 is 16.2 Å². The number of ether oxygens (including phenoxy) is 1. The van der Waals surface area contributed by atoms with E-state index in [4.69, 9.17) is 0 Å². The molecule has 1 saturated carbocycles. The molecule has 2 atom stereocenters. The van der Waals surface area contributed by atoms with Crippen LogP contribution in [0.3, 0.4) is 0 Å². The van der Waals surface area contributed by atoms with Crippen LogP contribution in [0.4, 0.5) is 3.89 Å². The van der Waals surface area contributed by atoms with Crippen LogP contribution in [0.5, 0.6) is 0 Å². The van der Waals surface area contributed by atoms with E-state index in [1.807, 2.05) is 0 Å². The second-order valence-corrected chi connectivity index (χ2v) is 5.33. The second kappa shape index (κ2) is 4.10. The van der Waals surface area contributed by atoms with Crippen molar-refractivity contribution in [3.63, 3.8) is 0 Å². The number of carbonyl (C=O) groups is 1. The molecule has 0 saturated heterocycles. The lowest BCUT2D eigenvalue weighted by atomic mass is 10.1. The van der Waals surface area contributed by atoms with Crippen molar-refractivity contribution < 1.29 is 21.8 Å². The van der Waals surface area contributed by atoms with E-state index in [9.17, 15) is 17.1 Å². The van der Waals surface area contributed by atoms with Gasteiger partial charge in [0.15, 0.2) is 0 Å². The van der Waals surface area contributed by atoms with Gasteiger partial charge < -0.3 is 4.74 Å². The van der Waals surface area contributed by atoms with E-state index in [0.29, 0.717) is 6.42 Å². The fourth-order valence-corrected chi connectivity index (χ4v) is 2.31. The van der Waals surface area contributed by atoms with Crippen molar-refractivity contribution in [1.29, 1.82) is 0 Å². The summed E-state index contributed by atoms with van der Waals surface area (Å²) in [5.74, 6) is -0.371. The zero-order valence-electron chi connectivity index (χ0n) is 9.09. The lowest BCUT2D eigenvalue weighted by Gasteiger charge is -2.01. The molecule has 1 aromatic rings. The molecule has 6 heteroatoms. The first kappa shape index (κ1) is 12.0. The second-order valence-electron chi connectivity index (χ2n) is 3.98. The van der Waals surface area contributed by atoms with Gasteiger partial charge in [-0.05, 0) is 30.0 Å². The third kappa shape index (κ3) is 2.46. The number of benzene rings is 1. The van der Waals surface area contributed by atoms with E-state index >= 15 is 0 Å². The van der Waals surface area contributed by atoms with E-state index in [1.54, 1.807) is 0 Å². The minimum Gasteiger partial charge on any atom is -0.469 e. The topological polar surface area (TPSA) is 60.4 Å². The van der Waals surface area contributed by atoms with Crippen molar-refractivity contribution in [2.24, 2.45) is 5.92 Å². The average molecular weight is 258 g/mol. The smallest absolute Gasteiger partial charge is 0.332 e. The van der Waals surface area contributed by atoms with Crippen molar-refractivity contribution in [2.75, 3.05) is 7.11 Å². The maximum Gasteiger partial charge on any atom is 0.332 e. The quantitative estimate of drug-likeness (QED) is 0.610. The Labute approximate surface area is 98.6 Å². The van der Waals surface area contributed by atoms with Gasteiger partial charge in [0.1, 0.15) is 0 Å². The summed E-state index contributed by atoms with van der Waals surface area (Å²) in [6.07, 6.45) is 0.689. The predicted molar refractivity (Wildman–Crippen MR) is 57.6 cm³/mol. The normalized spacial score (nSPS) is 23.2. The standard InChI is InChI=1S/C11H11FO4S/c1-16-11(13)10-6-9(10)7-2-4-8(5-3-7)17(12,14)15/h2-5,9-10H,6H2,1H3/t9-,10+/m0/s1. The lowest BCUT2D eigenvalue weighted by molar-refractivity contribution is -0.142. The zero-order valence-corrected chi connectivity index (χ0v) is 9.91. The van der Waals surface area contributed by atoms with Gasteiger partial charge in [-0.15, -0.1) is 3.89 Å². The molecule has 0 spiro atoms. The largest absolute Gasteiger partial charge is 0.469 e. The Kier molecular flexibility index (Phi) is 2.91. The first-order chi connectivity index (χ1) is 7.93. The number of hydrogen-bond acceptors (Lipinski definition) is 4. The summed E-state index contributed by atoms with van der Waals surface area (Å²) in [5.41, 5.74) is 0.827. The highest BCUT2D eigenvalue weighted by atomic mass is 32.3. The van der Waals surface area contributed by atoms with Crippen LogP contribution in [0, 0.1) is 5.92 Å². The van der Waals surface area contributed by atoms with Gasteiger partial charge in [-0.2, -0.15) is 8.42 Å². The summed E-state index contributed by atoms with van der Waals surface area (Å²) in [5, 5.41) is 0. The van der Waals surface area contributed by atoms with Crippen molar-refractivity contribution in [3.05, 3.63) is 29.8 Å². The Morgan fingerprint density at radius 1 is 1.35 bits per heavy atom. The summed E-state index contributed by atoms with van der Waals surface area (Å²) in [7, 11) is -3.32. The molecule has 1 aromatic carbocycles. The fourth-order valence-electron chi connectivity index (χ4n) is 1.85. The van der Waals surface area contributed by atoms with Gasteiger partial charge in [0.05, 0.1) is 17.9 Å². The highest BCUT2D eigenvalue weighted by Gasteiger charge is 2.44. The molecule has 0 aliphatic heterocycles. The zero-order chi connectivity index (χ0) is 12.6. The van der Waals surface area contributed by atoms with E-state index in [0.717, 1.165) is 5.56 Å². The number of esters is 1. The minimum atomic E-state index is -4.65. The molecule has 1 fully saturated rings. The van der Waals surface area contributed by atoms with Gasteiger partial charge in [-0.1, -0.05) is 12.1 Å². The summed E-state index contributed by atoms with van der Waals surface area (Å²) in [6.45, 7) is 0. The summed E-state index contributed by atoms with van der Waals surface area (Å²) in [4.78, 5) is 10.8. The van der Waals surface area contributed by atoms with Crippen LogP contribution in [0.2, 0.25) is 0 Å². The third-order valence-electron chi connectivity index (χ3n) is 2.88. The summed E-state index contributed by atoms with van der Waals surface area (Å²) in [6, 6.07) is 5.47. The van der Waals surface area contributed by atoms with Gasteiger partial charge in [0.25, 0.3) is 0 Å². The predicted octanol–water partition coefficient (Wildman–Crippen LogP) is 1.62. The van der Waals surface area contributed by atoms with Crippen molar-refractivity contribution in [3.8, 4) is 0 Å². The molecule has 0 amide bonds. The number of carbonyl (C=O) groups excluding carboxylic acids is 1. The number of halogens is 1. The SMILES string of the molecule is COC(=O)[C@@H]1C[C@H]1c1ccc(S(=O)(=O)F)cc1. The van der Waals surface area contributed by atoms with E-state index in [1.165, 1.54) is 31.4 Å². The Morgan fingerprint density at radius 3 is 2.41 bits per heavy atom. The van der Waals surface area contributed by atoms with Crippen LogP contribution in [0.25, 0.3) is 0 Å². The maximum atomic E-state index is 12.6. The Morgan fingerprint density at radius 2 is 1.94 bits per heavy atom. The van der Waals surface area contributed by atoms with Crippen molar-refractivity contribution in [2.45, 2.75) is 17.2 Å². The van der Waals surface area contributed by atoms with Crippen LogP contribution in [-0.2, 0) is 19.8 Å². The Hall–Kier alpha value is -1.43. The molecule has 17 heavy (non-hydrogen) atoms. The van der Waals surface area contributed by atoms with Gasteiger partial charge in [-0.3, -0.25) is 4.79 Å². The molecule has 0 N–H and O–H groups in total. The number of hydrogen-bond donors (Lipinski definition) is 0. The third-order valence-corrected chi connectivity index (χ3v) is 3.72. The molecule has 0 unspecified atom stereocenters. The molecular formula is C11H11FO4S. The van der Waals surface area contributed by atoms with Crippen LogP contribution in [0.15, 0.2) is 29.2 Å². The van der Waals surface area contributed by atoms with Crippen LogP contribution >= 0.6 is 0 Å². The van der Waals surface area contributed by atoms with Crippen LogP contribution < -0.4 is 0 Å². The first-order valence-electron chi connectivity index (χ1n) is 5.06. The molecule has 2 rings (SSSR count). The molecule has 92 valence electrons. The maximum absolute atomic E-state index is 12.6. The van der Waals surface area contributed by atoms with E-state index < -0.39 is 10.2 Å². The Bertz CT molecular complexity index is 535. The molecule has 0 bridgehead atoms. The highest BCUT2D eigenvalue weighted by molar-refractivity contribution is 7.86. The number of rotatable bonds is 3. The molecule has 0 radical (unpaired) electrons. The monoisotopic (exact) mass is 258 g/mol. The average Bonchev–Trinajstić information content (AvgIpc) is 3.07. The van der Waals surface area contributed by atoms with Gasteiger partial charge in [0, 0.05) is 0 Å². The van der Waals surface area contributed by atoms with E-state index in [2.05, 4.69) is 4.74 Å². The summed E-state index contributed by atoms with van der Waals surface area (Å²) < 4.78 is 38.5. The molecule has 4 nitrogen and oxygen atoms in total. The van der Waals surface area contributed by atoms with Crippen molar-refractivity contribution >= 4 is 16.2 Å². The molecular weight excluding hydrogens is 247 g/mol. The lowest BCUT2D eigenvalue weighted by Crippen LogP contribution is -2.03. The van der Waals surface area contributed by atoms with Crippen molar-refractivity contribution in [1.82, 2.24) is 0 Å². The first-order valence-corrected chi connectivity index (χ1v) is 6.44. The molecule has 0 aromatic heterocycles. The Balaban J connectivity index is 2.14. The fraction of sp³-hybridized carbons (Fsp3) is 0.364. The van der Waals surface area contributed by atoms with Crippen LogP contribution in [0.1, 0.15) is 17.9 Å². The van der Waals surface area contributed by atoms with Crippen LogP contribution in [-0.4, -0.2) is 21.5 Å². The molecule has 1 aliphatic rings. The number of methoxy groups -OCH3 is 1. The minimum absolute atomic E-state index is 0.0545. The molecule has 1 aliphatic carbocycles. The summed E-state index contributed by atoms with van der Waals surface area (Å²) >= 11 is 0. The molecule has 0 heterocycles. The van der Waals surface area contributed by atoms with Gasteiger partial charge in [0.2, 0.25) is 0 Å². The van der Waals surface area contributed by atoms with Gasteiger partial charge in [-0.25, -0.2) is 0 Å². The van der Waals surface area contributed by atoms with E-state index in [-0.39, 0.29) is 22.7 Å². The highest BCUT2D eigenvalue weighted by Crippen LogP contribution is 2.48.